The fourth-order valence-corrected chi connectivity index (χ4v) is 2.78. The van der Waals surface area contributed by atoms with E-state index in [2.05, 4.69) is 15.6 Å². The summed E-state index contributed by atoms with van der Waals surface area (Å²) in [6.07, 6.45) is 2.63. The molecule has 0 radical (unpaired) electrons. The van der Waals surface area contributed by atoms with Crippen LogP contribution in [0.4, 0.5) is 0 Å². The third-order valence-electron chi connectivity index (χ3n) is 3.72. The van der Waals surface area contributed by atoms with E-state index >= 15 is 0 Å². The zero-order valence-electron chi connectivity index (χ0n) is 14.1. The fourth-order valence-electron chi connectivity index (χ4n) is 2.56. The summed E-state index contributed by atoms with van der Waals surface area (Å²) in [6, 6.07) is 7.73. The smallest absolute Gasteiger partial charge is 0.222 e. The first-order valence-electron chi connectivity index (χ1n) is 8.23. The Morgan fingerprint density at radius 3 is 2.88 bits per heavy atom. The van der Waals surface area contributed by atoms with Gasteiger partial charge in [0.05, 0.1) is 6.54 Å². The third kappa shape index (κ3) is 7.25. The predicted molar refractivity (Wildman–Crippen MR) is 110 cm³/mol. The first kappa shape index (κ1) is 21.0. The van der Waals surface area contributed by atoms with Crippen LogP contribution in [0.15, 0.2) is 29.3 Å². The molecule has 24 heavy (non-hydrogen) atoms. The van der Waals surface area contributed by atoms with Crippen LogP contribution in [0.1, 0.15) is 31.7 Å². The molecule has 5 nitrogen and oxygen atoms in total. The fraction of sp³-hybridized carbons (Fsp3) is 0.529. The van der Waals surface area contributed by atoms with E-state index < -0.39 is 0 Å². The number of carbonyl (C=O) groups is 1. The SMILES string of the molecule is CCNC(=NCc1cccc(Cl)c1)NCCCN1CCCC1=O.I. The molecule has 1 heterocycles. The van der Waals surface area contributed by atoms with Crippen molar-refractivity contribution < 1.29 is 4.79 Å². The average Bonchev–Trinajstić information content (AvgIpc) is 2.94. The van der Waals surface area contributed by atoms with Gasteiger partial charge in [-0.1, -0.05) is 23.7 Å². The Labute approximate surface area is 166 Å². The van der Waals surface area contributed by atoms with Gasteiger partial charge in [0.1, 0.15) is 0 Å². The minimum Gasteiger partial charge on any atom is -0.357 e. The predicted octanol–water partition coefficient (Wildman–Crippen LogP) is 3.03. The van der Waals surface area contributed by atoms with Gasteiger partial charge in [-0.2, -0.15) is 0 Å². The molecule has 1 aliphatic heterocycles. The second-order valence-electron chi connectivity index (χ2n) is 5.59. The normalized spacial score (nSPS) is 14.5. The van der Waals surface area contributed by atoms with Gasteiger partial charge >= 0.3 is 0 Å². The molecule has 0 spiro atoms. The monoisotopic (exact) mass is 464 g/mol. The van der Waals surface area contributed by atoms with E-state index in [1.165, 1.54) is 0 Å². The Balaban J connectivity index is 0.00000288. The van der Waals surface area contributed by atoms with Gasteiger partial charge in [0.25, 0.3) is 0 Å². The van der Waals surface area contributed by atoms with E-state index in [0.29, 0.717) is 13.0 Å². The van der Waals surface area contributed by atoms with Gasteiger partial charge in [-0.3, -0.25) is 4.79 Å². The molecule has 0 saturated carbocycles. The van der Waals surface area contributed by atoms with Crippen LogP contribution in [0.25, 0.3) is 0 Å². The van der Waals surface area contributed by atoms with E-state index in [-0.39, 0.29) is 29.9 Å². The number of amides is 1. The molecule has 1 aliphatic rings. The number of hydrogen-bond acceptors (Lipinski definition) is 2. The zero-order valence-corrected chi connectivity index (χ0v) is 17.1. The van der Waals surface area contributed by atoms with Gasteiger partial charge in [0.15, 0.2) is 5.96 Å². The minimum absolute atomic E-state index is 0. The molecular weight excluding hydrogens is 439 g/mol. The van der Waals surface area contributed by atoms with Crippen LogP contribution >= 0.6 is 35.6 Å². The largest absolute Gasteiger partial charge is 0.357 e. The van der Waals surface area contributed by atoms with Gasteiger partial charge in [0, 0.05) is 37.6 Å². The van der Waals surface area contributed by atoms with Gasteiger partial charge in [0.2, 0.25) is 5.91 Å². The standard InChI is InChI=1S/C17H25ClN4O.HI/c1-2-19-17(21-13-14-6-3-7-15(18)12-14)20-9-5-11-22-10-4-8-16(22)23;/h3,6-7,12H,2,4-5,8-11,13H2,1H3,(H2,19,20,21);1H. The summed E-state index contributed by atoms with van der Waals surface area (Å²) in [6.45, 7) is 5.96. The highest BCUT2D eigenvalue weighted by Gasteiger charge is 2.18. The lowest BCUT2D eigenvalue weighted by molar-refractivity contribution is -0.127. The highest BCUT2D eigenvalue weighted by atomic mass is 127. The number of nitrogens with zero attached hydrogens (tertiary/aromatic N) is 2. The lowest BCUT2D eigenvalue weighted by atomic mass is 10.2. The molecule has 2 N–H and O–H groups in total. The van der Waals surface area contributed by atoms with E-state index in [4.69, 9.17) is 11.6 Å². The molecule has 1 amide bonds. The summed E-state index contributed by atoms with van der Waals surface area (Å²) in [5, 5.41) is 7.27. The Kier molecular flexibility index (Phi) is 10.1. The maximum atomic E-state index is 11.6. The molecule has 0 aliphatic carbocycles. The second kappa shape index (κ2) is 11.5. The van der Waals surface area contributed by atoms with Crippen molar-refractivity contribution in [3.63, 3.8) is 0 Å². The number of hydrogen-bond donors (Lipinski definition) is 2. The maximum Gasteiger partial charge on any atom is 0.222 e. The number of rotatable bonds is 7. The van der Waals surface area contributed by atoms with Crippen molar-refractivity contribution in [2.45, 2.75) is 32.7 Å². The molecule has 0 bridgehead atoms. The highest BCUT2D eigenvalue weighted by Crippen LogP contribution is 2.11. The summed E-state index contributed by atoms with van der Waals surface area (Å²) in [5.41, 5.74) is 1.08. The molecule has 2 rings (SSSR count). The van der Waals surface area contributed by atoms with Crippen molar-refractivity contribution in [3.8, 4) is 0 Å². The lowest BCUT2D eigenvalue weighted by Gasteiger charge is -2.16. The number of aliphatic imine (C=N–C) groups is 1. The second-order valence-corrected chi connectivity index (χ2v) is 6.03. The van der Waals surface area contributed by atoms with Crippen LogP contribution in [-0.2, 0) is 11.3 Å². The number of nitrogens with one attached hydrogen (secondary N) is 2. The molecule has 7 heteroatoms. The zero-order chi connectivity index (χ0) is 16.5. The third-order valence-corrected chi connectivity index (χ3v) is 3.96. The number of guanidine groups is 1. The van der Waals surface area contributed by atoms with Gasteiger partial charge in [-0.05, 0) is 37.5 Å². The average molecular weight is 465 g/mol. The summed E-state index contributed by atoms with van der Waals surface area (Å²) in [7, 11) is 0. The molecule has 1 saturated heterocycles. The van der Waals surface area contributed by atoms with Crippen LogP contribution in [0.2, 0.25) is 5.02 Å². The number of benzene rings is 1. The van der Waals surface area contributed by atoms with Crippen LogP contribution in [0.3, 0.4) is 0 Å². The molecule has 134 valence electrons. The summed E-state index contributed by atoms with van der Waals surface area (Å²) in [5.74, 6) is 1.08. The van der Waals surface area contributed by atoms with Crippen LogP contribution < -0.4 is 10.6 Å². The Bertz CT molecular complexity index is 553. The Morgan fingerprint density at radius 1 is 1.38 bits per heavy atom. The van der Waals surface area contributed by atoms with Crippen molar-refractivity contribution >= 4 is 47.4 Å². The molecule has 1 aromatic carbocycles. The van der Waals surface area contributed by atoms with Crippen molar-refractivity contribution in [3.05, 3.63) is 34.9 Å². The number of likely N-dealkylation sites (tertiary alicyclic amines) is 1. The molecule has 0 aromatic heterocycles. The quantitative estimate of drug-likeness (QED) is 0.282. The first-order valence-corrected chi connectivity index (χ1v) is 8.61. The van der Waals surface area contributed by atoms with Crippen LogP contribution in [0, 0.1) is 0 Å². The summed E-state index contributed by atoms with van der Waals surface area (Å²) in [4.78, 5) is 18.1. The number of halogens is 2. The Morgan fingerprint density at radius 2 is 2.21 bits per heavy atom. The van der Waals surface area contributed by atoms with Crippen molar-refractivity contribution in [1.29, 1.82) is 0 Å². The van der Waals surface area contributed by atoms with E-state index in [9.17, 15) is 4.79 Å². The lowest BCUT2D eigenvalue weighted by Crippen LogP contribution is -2.39. The van der Waals surface area contributed by atoms with Gasteiger partial charge in [-0.25, -0.2) is 4.99 Å². The molecular formula is C17H26ClIN4O. The molecule has 0 unspecified atom stereocenters. The van der Waals surface area contributed by atoms with Crippen LogP contribution in [-0.4, -0.2) is 42.9 Å². The summed E-state index contributed by atoms with van der Waals surface area (Å²) >= 11 is 5.99. The molecule has 0 atom stereocenters. The van der Waals surface area contributed by atoms with Gasteiger partial charge < -0.3 is 15.5 Å². The summed E-state index contributed by atoms with van der Waals surface area (Å²) < 4.78 is 0. The maximum absolute atomic E-state index is 11.6. The first-order chi connectivity index (χ1) is 11.2. The van der Waals surface area contributed by atoms with Gasteiger partial charge in [-0.15, -0.1) is 24.0 Å². The van der Waals surface area contributed by atoms with E-state index in [1.807, 2.05) is 36.1 Å². The molecule has 1 aromatic rings. The van der Waals surface area contributed by atoms with Crippen molar-refractivity contribution in [2.24, 2.45) is 4.99 Å². The topological polar surface area (TPSA) is 56.7 Å². The van der Waals surface area contributed by atoms with Crippen LogP contribution in [0.5, 0.6) is 0 Å². The highest BCUT2D eigenvalue weighted by molar-refractivity contribution is 14.0. The van der Waals surface area contributed by atoms with Crippen molar-refractivity contribution in [1.82, 2.24) is 15.5 Å². The Hall–Kier alpha value is -1.02. The van der Waals surface area contributed by atoms with E-state index in [0.717, 1.165) is 55.6 Å². The minimum atomic E-state index is 0. The van der Waals surface area contributed by atoms with E-state index in [1.54, 1.807) is 0 Å². The number of carbonyl (C=O) groups excluding carboxylic acids is 1. The van der Waals surface area contributed by atoms with Crippen molar-refractivity contribution in [2.75, 3.05) is 26.2 Å². The molecule has 1 fully saturated rings.